The molecular formula is C15H24N4OS. The highest BCUT2D eigenvalue weighted by molar-refractivity contribution is 7.99. The molecule has 21 heavy (non-hydrogen) atoms. The normalized spacial score (nSPS) is 17.4. The Bertz CT molecular complexity index is 492. The van der Waals surface area contributed by atoms with Gasteiger partial charge in [0.05, 0.1) is 5.54 Å². The Kier molecular flexibility index (Phi) is 5.58. The van der Waals surface area contributed by atoms with Crippen molar-refractivity contribution in [3.05, 3.63) is 18.0 Å². The second-order valence-electron chi connectivity index (χ2n) is 5.90. The van der Waals surface area contributed by atoms with E-state index < -0.39 is 5.54 Å². The third-order valence-corrected chi connectivity index (χ3v) is 4.67. The van der Waals surface area contributed by atoms with Crippen molar-refractivity contribution in [2.75, 3.05) is 5.75 Å². The summed E-state index contributed by atoms with van der Waals surface area (Å²) in [5, 5.41) is 4.20. The first-order chi connectivity index (χ1) is 9.99. The summed E-state index contributed by atoms with van der Waals surface area (Å²) in [5.74, 6) is 0.714. The number of nitrogens with one attached hydrogen (secondary N) is 1. The summed E-state index contributed by atoms with van der Waals surface area (Å²) < 4.78 is 0. The van der Waals surface area contributed by atoms with E-state index in [1.54, 1.807) is 18.0 Å². The lowest BCUT2D eigenvalue weighted by molar-refractivity contribution is -0.124. The van der Waals surface area contributed by atoms with Crippen LogP contribution in [0.3, 0.4) is 0 Å². The predicted molar refractivity (Wildman–Crippen MR) is 85.1 cm³/mol. The van der Waals surface area contributed by atoms with Gasteiger partial charge in [-0.15, -0.1) is 0 Å². The van der Waals surface area contributed by atoms with Crippen LogP contribution in [0, 0.1) is 6.92 Å². The fourth-order valence-electron chi connectivity index (χ4n) is 2.18. The van der Waals surface area contributed by atoms with Gasteiger partial charge in [0, 0.05) is 23.7 Å². The number of amides is 1. The van der Waals surface area contributed by atoms with Crippen LogP contribution in [0.15, 0.2) is 17.4 Å². The fraction of sp³-hybridized carbons (Fsp3) is 0.667. The van der Waals surface area contributed by atoms with E-state index in [1.165, 1.54) is 0 Å². The molecule has 1 fully saturated rings. The number of carbonyl (C=O) groups excluding carboxylic acids is 1. The Morgan fingerprint density at radius 3 is 2.90 bits per heavy atom. The molecule has 0 aromatic carbocycles. The Balaban J connectivity index is 1.69. The lowest BCUT2D eigenvalue weighted by Gasteiger charge is -2.27. The maximum absolute atomic E-state index is 11.6. The molecule has 1 amide bonds. The lowest BCUT2D eigenvalue weighted by atomic mass is 9.94. The minimum Gasteiger partial charge on any atom is -0.368 e. The molecule has 5 nitrogen and oxygen atoms in total. The van der Waals surface area contributed by atoms with E-state index >= 15 is 0 Å². The first-order valence-electron chi connectivity index (χ1n) is 7.50. The zero-order valence-corrected chi connectivity index (χ0v) is 13.6. The molecule has 1 unspecified atom stereocenters. The molecule has 1 atom stereocenters. The van der Waals surface area contributed by atoms with Crippen molar-refractivity contribution in [2.24, 2.45) is 5.73 Å². The molecule has 0 bridgehead atoms. The molecule has 0 saturated heterocycles. The van der Waals surface area contributed by atoms with Crippen molar-refractivity contribution in [3.8, 4) is 0 Å². The van der Waals surface area contributed by atoms with E-state index in [0.29, 0.717) is 6.04 Å². The summed E-state index contributed by atoms with van der Waals surface area (Å²) >= 11 is 1.66. The summed E-state index contributed by atoms with van der Waals surface area (Å²) in [5.41, 5.74) is 5.97. The van der Waals surface area contributed by atoms with E-state index in [0.717, 1.165) is 48.7 Å². The number of aromatic nitrogens is 2. The lowest BCUT2D eigenvalue weighted by Crippen LogP contribution is -2.53. The summed E-state index contributed by atoms with van der Waals surface area (Å²) in [6.45, 7) is 3.89. The quantitative estimate of drug-likeness (QED) is 0.414. The monoisotopic (exact) mass is 308 g/mol. The van der Waals surface area contributed by atoms with Gasteiger partial charge in [-0.3, -0.25) is 4.79 Å². The summed E-state index contributed by atoms with van der Waals surface area (Å²) in [4.78, 5) is 20.2. The summed E-state index contributed by atoms with van der Waals surface area (Å²) in [6, 6.07) is 2.38. The van der Waals surface area contributed by atoms with Crippen LogP contribution in [0.25, 0.3) is 0 Å². The molecular weight excluding hydrogens is 284 g/mol. The molecule has 6 heteroatoms. The maximum Gasteiger partial charge on any atom is 0.237 e. The number of nitrogens with zero attached hydrogens (tertiary/aromatic N) is 2. The Hall–Kier alpha value is -1.14. The van der Waals surface area contributed by atoms with Crippen molar-refractivity contribution in [1.29, 1.82) is 0 Å². The van der Waals surface area contributed by atoms with Crippen molar-refractivity contribution < 1.29 is 4.79 Å². The molecule has 1 saturated carbocycles. The number of unbranched alkanes of at least 4 members (excludes halogenated alkanes) is 1. The van der Waals surface area contributed by atoms with Crippen molar-refractivity contribution in [3.63, 3.8) is 0 Å². The van der Waals surface area contributed by atoms with E-state index in [2.05, 4.69) is 15.3 Å². The van der Waals surface area contributed by atoms with Gasteiger partial charge in [-0.2, -0.15) is 0 Å². The highest BCUT2D eigenvalue weighted by Gasteiger charge is 2.36. The number of hydrogen-bond donors (Lipinski definition) is 2. The van der Waals surface area contributed by atoms with Crippen LogP contribution >= 0.6 is 11.8 Å². The van der Waals surface area contributed by atoms with Crippen LogP contribution in [0.1, 0.15) is 44.7 Å². The van der Waals surface area contributed by atoms with Gasteiger partial charge in [-0.1, -0.05) is 18.2 Å². The third kappa shape index (κ3) is 5.28. The van der Waals surface area contributed by atoms with Crippen LogP contribution in [0.5, 0.6) is 0 Å². The van der Waals surface area contributed by atoms with Crippen LogP contribution in [0.4, 0.5) is 0 Å². The highest BCUT2D eigenvalue weighted by atomic mass is 32.2. The van der Waals surface area contributed by atoms with Gasteiger partial charge >= 0.3 is 0 Å². The Morgan fingerprint density at radius 2 is 2.29 bits per heavy atom. The largest absolute Gasteiger partial charge is 0.368 e. The summed E-state index contributed by atoms with van der Waals surface area (Å²) in [7, 11) is 0. The SMILES string of the molecule is Cc1ccnc(SCCCCC(C)(NC2CC2)C(N)=O)n1. The maximum atomic E-state index is 11.6. The number of carbonyl (C=O) groups is 1. The first-order valence-corrected chi connectivity index (χ1v) is 8.48. The van der Waals surface area contributed by atoms with Crippen LogP contribution in [-0.2, 0) is 4.79 Å². The van der Waals surface area contributed by atoms with Crippen LogP contribution in [0.2, 0.25) is 0 Å². The van der Waals surface area contributed by atoms with Gasteiger partial charge in [-0.05, 0) is 45.6 Å². The van der Waals surface area contributed by atoms with Crippen LogP contribution < -0.4 is 11.1 Å². The highest BCUT2D eigenvalue weighted by Crippen LogP contribution is 2.25. The van der Waals surface area contributed by atoms with Gasteiger partial charge < -0.3 is 11.1 Å². The number of nitrogens with two attached hydrogens (primary N) is 1. The number of hydrogen-bond acceptors (Lipinski definition) is 5. The number of aryl methyl sites for hydroxylation is 1. The number of rotatable bonds is 9. The Morgan fingerprint density at radius 1 is 1.52 bits per heavy atom. The molecule has 1 aliphatic rings. The van der Waals surface area contributed by atoms with Gasteiger partial charge in [-0.25, -0.2) is 9.97 Å². The number of primary amides is 1. The third-order valence-electron chi connectivity index (χ3n) is 3.72. The van der Waals surface area contributed by atoms with E-state index in [-0.39, 0.29) is 5.91 Å². The van der Waals surface area contributed by atoms with Crippen molar-refractivity contribution >= 4 is 17.7 Å². The molecule has 3 N–H and O–H groups in total. The molecule has 1 aliphatic carbocycles. The Labute approximate surface area is 130 Å². The minimum absolute atomic E-state index is 0.246. The van der Waals surface area contributed by atoms with Gasteiger partial charge in [0.25, 0.3) is 0 Å². The van der Waals surface area contributed by atoms with Crippen molar-refractivity contribution in [2.45, 2.75) is 62.7 Å². The molecule has 116 valence electrons. The van der Waals surface area contributed by atoms with Gasteiger partial charge in [0.1, 0.15) is 0 Å². The molecule has 1 aromatic rings. The zero-order chi connectivity index (χ0) is 15.3. The predicted octanol–water partition coefficient (Wildman–Crippen LogP) is 2.04. The fourth-order valence-corrected chi connectivity index (χ4v) is 3.06. The second-order valence-corrected chi connectivity index (χ2v) is 6.96. The van der Waals surface area contributed by atoms with E-state index in [1.807, 2.05) is 19.9 Å². The standard InChI is InChI=1S/C15H24N4OS/c1-11-7-9-17-14(18-11)21-10-4-3-8-15(2,13(16)20)19-12-5-6-12/h7,9,12,19H,3-6,8,10H2,1-2H3,(H2,16,20). The van der Waals surface area contributed by atoms with E-state index in [9.17, 15) is 4.79 Å². The van der Waals surface area contributed by atoms with Crippen molar-refractivity contribution in [1.82, 2.24) is 15.3 Å². The average molecular weight is 308 g/mol. The average Bonchev–Trinajstić information content (AvgIpc) is 3.22. The molecule has 1 heterocycles. The van der Waals surface area contributed by atoms with Gasteiger partial charge in [0.2, 0.25) is 5.91 Å². The molecule has 1 aromatic heterocycles. The second kappa shape index (κ2) is 7.22. The molecule has 0 aliphatic heterocycles. The molecule has 0 radical (unpaired) electrons. The summed E-state index contributed by atoms with van der Waals surface area (Å²) in [6.07, 6.45) is 6.88. The minimum atomic E-state index is -0.564. The molecule has 2 rings (SSSR count). The van der Waals surface area contributed by atoms with E-state index in [4.69, 9.17) is 5.73 Å². The van der Waals surface area contributed by atoms with Crippen LogP contribution in [-0.4, -0.2) is 33.2 Å². The zero-order valence-electron chi connectivity index (χ0n) is 12.8. The topological polar surface area (TPSA) is 80.9 Å². The number of thioether (sulfide) groups is 1. The smallest absolute Gasteiger partial charge is 0.237 e. The first kappa shape index (κ1) is 16.2. The molecule has 0 spiro atoms. The van der Waals surface area contributed by atoms with Gasteiger partial charge in [0.15, 0.2) is 5.16 Å².